The summed E-state index contributed by atoms with van der Waals surface area (Å²) in [7, 11) is -4.74. The minimum Gasteiger partial charge on any atom is -0.465 e. The molecular formula is C12H24N6O12Si2. The number of rotatable bonds is 8. The van der Waals surface area contributed by atoms with Crippen LogP contribution in [0.1, 0.15) is 0 Å². The maximum atomic E-state index is 12.1. The van der Waals surface area contributed by atoms with Gasteiger partial charge in [-0.05, 0) is 35.2 Å². The van der Waals surface area contributed by atoms with E-state index in [1.807, 2.05) is 0 Å². The van der Waals surface area contributed by atoms with E-state index in [2.05, 4.69) is 5.32 Å². The largest absolute Gasteiger partial charge is 0.465 e. The van der Waals surface area contributed by atoms with Crippen LogP contribution in [0, 0.1) is 0 Å². The summed E-state index contributed by atoms with van der Waals surface area (Å²) in [4.78, 5) is 72.6. The molecule has 0 radical (unpaired) electrons. The van der Waals surface area contributed by atoms with E-state index in [-0.39, 0.29) is 0 Å². The van der Waals surface area contributed by atoms with Gasteiger partial charge in [-0.25, -0.2) is 42.5 Å². The second-order valence-electron chi connectivity index (χ2n) is 6.47. The van der Waals surface area contributed by atoms with Crippen molar-refractivity contribution in [1.29, 1.82) is 0 Å². The molecular weight excluding hydrogens is 476 g/mol. The molecule has 0 aromatic heterocycles. The lowest BCUT2D eigenvalue weighted by molar-refractivity contribution is 0.116. The van der Waals surface area contributed by atoms with Crippen LogP contribution >= 0.6 is 0 Å². The van der Waals surface area contributed by atoms with Gasteiger partial charge in [0.15, 0.2) is 0 Å². The van der Waals surface area contributed by atoms with E-state index in [4.69, 9.17) is 0 Å². The molecule has 0 aliphatic rings. The predicted octanol–water partition coefficient (Wildman–Crippen LogP) is -0.698. The third-order valence-electron chi connectivity index (χ3n) is 4.52. The van der Waals surface area contributed by atoms with E-state index in [9.17, 15) is 59.4 Å². The fourth-order valence-electron chi connectivity index (χ4n) is 3.56. The Morgan fingerprint density at radius 2 is 0.812 bits per heavy atom. The van der Waals surface area contributed by atoms with Gasteiger partial charge in [-0.15, -0.1) is 0 Å². The summed E-state index contributed by atoms with van der Waals surface area (Å²) in [5.74, 6) is 0. The average Bonchev–Trinajstić information content (AvgIpc) is 2.56. The standard InChI is InChI=1S/C12H24N6O12Si2/c1-13-6-31(14(2)3,15(4)5)32(16(7(19)20)8(21)22,17(9(23)24)10(25)26)18(11(27)28)12(29)30/h13H,6H2,1-5H3,(H,19,20)(H,21,22)(H,23,24)(H,25,26)(H,27,28)(H,29,30). The van der Waals surface area contributed by atoms with Crippen molar-refractivity contribution in [1.82, 2.24) is 28.1 Å². The molecule has 0 rings (SSSR count). The zero-order valence-electron chi connectivity index (χ0n) is 17.6. The Morgan fingerprint density at radius 1 is 0.594 bits per heavy atom. The average molecular weight is 501 g/mol. The van der Waals surface area contributed by atoms with Crippen LogP contribution in [-0.4, -0.2) is 147 Å². The first-order valence-electron chi connectivity index (χ1n) is 8.27. The Kier molecular flexibility index (Phi) is 9.12. The van der Waals surface area contributed by atoms with Gasteiger partial charge in [0, 0.05) is 6.17 Å². The molecule has 0 atom stereocenters. The number of nitrogens with one attached hydrogen (secondary N) is 1. The third-order valence-corrected chi connectivity index (χ3v) is 20.9. The molecule has 0 heterocycles. The molecule has 0 spiro atoms. The third kappa shape index (κ3) is 4.29. The van der Waals surface area contributed by atoms with Gasteiger partial charge >= 0.3 is 44.6 Å². The van der Waals surface area contributed by atoms with Crippen LogP contribution in [0.15, 0.2) is 0 Å². The molecule has 0 unspecified atom stereocenters. The molecule has 0 aliphatic carbocycles. The van der Waals surface area contributed by atoms with Crippen LogP contribution in [0.4, 0.5) is 28.8 Å². The van der Waals surface area contributed by atoms with Gasteiger partial charge in [0.2, 0.25) is 0 Å². The quantitative estimate of drug-likeness (QED) is 0.203. The smallest absolute Gasteiger partial charge is 0.439 e. The fraction of sp³-hybridized carbons (Fsp3) is 0.500. The van der Waals surface area contributed by atoms with Crippen LogP contribution in [-0.2, 0) is 0 Å². The number of carbonyl (C=O) groups is 6. The second kappa shape index (κ2) is 10.2. The van der Waals surface area contributed by atoms with Crippen molar-refractivity contribution in [3.8, 4) is 0 Å². The van der Waals surface area contributed by atoms with E-state index in [0.29, 0.717) is 0 Å². The number of hydrogen-bond acceptors (Lipinski definition) is 9. The van der Waals surface area contributed by atoms with E-state index in [1.54, 1.807) is 0 Å². The Hall–Kier alpha value is -3.47. The number of hydrogen-bond donors (Lipinski definition) is 7. The summed E-state index contributed by atoms with van der Waals surface area (Å²) in [6, 6.07) is 0. The van der Waals surface area contributed by atoms with Gasteiger partial charge < -0.3 is 45.1 Å². The normalized spacial score (nSPS) is 11.7. The lowest BCUT2D eigenvalue weighted by atomic mass is 11.0. The second-order valence-corrected chi connectivity index (χ2v) is 17.3. The maximum absolute atomic E-state index is 12.1. The number of carboxylic acid groups (broad SMARTS) is 6. The van der Waals surface area contributed by atoms with Crippen molar-refractivity contribution >= 4 is 52.6 Å². The van der Waals surface area contributed by atoms with Crippen LogP contribution in [0.25, 0.3) is 0 Å². The molecule has 0 aromatic carbocycles. The van der Waals surface area contributed by atoms with Gasteiger partial charge in [0.25, 0.3) is 7.91 Å². The Morgan fingerprint density at radius 3 is 0.938 bits per heavy atom. The van der Waals surface area contributed by atoms with Crippen molar-refractivity contribution in [2.24, 2.45) is 0 Å². The molecule has 32 heavy (non-hydrogen) atoms. The molecule has 0 saturated carbocycles. The molecule has 6 amide bonds. The maximum Gasteiger partial charge on any atom is 0.439 e. The zero-order chi connectivity index (χ0) is 25.8. The summed E-state index contributed by atoms with van der Waals surface area (Å²) >= 11 is 0. The molecule has 0 fully saturated rings. The van der Waals surface area contributed by atoms with Crippen molar-refractivity contribution in [2.45, 2.75) is 0 Å². The molecule has 7 N–H and O–H groups in total. The first-order chi connectivity index (χ1) is 14.5. The minimum absolute atomic E-state index is 0.551. The van der Waals surface area contributed by atoms with Crippen molar-refractivity contribution in [3.05, 3.63) is 0 Å². The van der Waals surface area contributed by atoms with Crippen LogP contribution < -0.4 is 5.32 Å². The van der Waals surface area contributed by atoms with Crippen LogP contribution in [0.2, 0.25) is 0 Å². The Balaban J connectivity index is 8.57. The first-order valence-corrected chi connectivity index (χ1v) is 13.2. The van der Waals surface area contributed by atoms with Gasteiger partial charge in [-0.3, -0.25) is 0 Å². The summed E-state index contributed by atoms with van der Waals surface area (Å²) < 4.78 is 0.0296. The van der Waals surface area contributed by atoms with E-state index < -0.39 is 72.4 Å². The topological polar surface area (TPSA) is 252 Å². The molecule has 18 nitrogen and oxygen atoms in total. The van der Waals surface area contributed by atoms with E-state index in [0.717, 1.165) is 9.13 Å². The van der Waals surface area contributed by atoms with E-state index >= 15 is 0 Å². The number of imide groups is 3. The van der Waals surface area contributed by atoms with Gasteiger partial charge in [-0.1, -0.05) is 0 Å². The predicted molar refractivity (Wildman–Crippen MR) is 106 cm³/mol. The highest BCUT2D eigenvalue weighted by Gasteiger charge is 2.80. The molecule has 182 valence electrons. The van der Waals surface area contributed by atoms with Crippen LogP contribution in [0.5, 0.6) is 0 Å². The van der Waals surface area contributed by atoms with Crippen molar-refractivity contribution in [3.63, 3.8) is 0 Å². The highest BCUT2D eigenvalue weighted by atomic mass is 29.3. The first kappa shape index (κ1) is 28.5. The van der Waals surface area contributed by atoms with Crippen molar-refractivity contribution < 1.29 is 59.4 Å². The summed E-state index contributed by atoms with van der Waals surface area (Å²) in [5.41, 5.74) is 0. The summed E-state index contributed by atoms with van der Waals surface area (Å²) in [6.45, 7) is 0. The molecule has 0 bridgehead atoms. The summed E-state index contributed by atoms with van der Waals surface area (Å²) in [5, 5.41) is 60.9. The lowest BCUT2D eigenvalue weighted by Crippen LogP contribution is -2.98. The fourth-order valence-corrected chi connectivity index (χ4v) is 20.0. The van der Waals surface area contributed by atoms with Gasteiger partial charge in [0.1, 0.15) is 0 Å². The van der Waals surface area contributed by atoms with Crippen molar-refractivity contribution in [2.75, 3.05) is 41.4 Å². The Labute approximate surface area is 182 Å². The van der Waals surface area contributed by atoms with Gasteiger partial charge in [0.05, 0.1) is 0 Å². The van der Waals surface area contributed by atoms with E-state index in [1.165, 1.54) is 35.2 Å². The highest BCUT2D eigenvalue weighted by Crippen LogP contribution is 2.34. The lowest BCUT2D eigenvalue weighted by Gasteiger charge is -2.57. The zero-order valence-corrected chi connectivity index (χ0v) is 19.6. The Bertz CT molecular complexity index is 679. The van der Waals surface area contributed by atoms with Gasteiger partial charge in [-0.2, -0.15) is 0 Å². The molecule has 0 aromatic rings. The number of nitrogens with zero attached hydrogens (tertiary/aromatic N) is 5. The van der Waals surface area contributed by atoms with Crippen LogP contribution in [0.3, 0.4) is 0 Å². The number of amides is 6. The highest BCUT2D eigenvalue weighted by molar-refractivity contribution is 7.39. The minimum atomic E-state index is -6.16. The molecule has 20 heteroatoms. The monoisotopic (exact) mass is 500 g/mol. The molecule has 0 saturated heterocycles. The molecule has 0 aliphatic heterocycles. The SMILES string of the molecule is CNC[Si](N(C)C)(N(C)C)[Si](N(C(=O)O)C(=O)O)(N(C(=O)O)C(=O)O)N(C(=O)O)C(=O)O. The summed E-state index contributed by atoms with van der Waals surface area (Å²) in [6.07, 6.45) is -15.4.